The fourth-order valence-corrected chi connectivity index (χ4v) is 7.77. The van der Waals surface area contributed by atoms with Gasteiger partial charge in [-0.3, -0.25) is 15.1 Å². The first kappa shape index (κ1) is 30.9. The van der Waals surface area contributed by atoms with Crippen molar-refractivity contribution in [3.05, 3.63) is 105 Å². The van der Waals surface area contributed by atoms with Crippen molar-refractivity contribution in [2.24, 2.45) is 11.8 Å². The zero-order valence-electron chi connectivity index (χ0n) is 26.0. The van der Waals surface area contributed by atoms with Gasteiger partial charge in [0.15, 0.2) is 5.11 Å². The Balaban J connectivity index is 1.46. The summed E-state index contributed by atoms with van der Waals surface area (Å²) in [5.74, 6) is 1.62. The molecule has 6 rings (SSSR count). The second kappa shape index (κ2) is 12.3. The van der Waals surface area contributed by atoms with Gasteiger partial charge in [0, 0.05) is 36.4 Å². The average molecular weight is 645 g/mol. The summed E-state index contributed by atoms with van der Waals surface area (Å²) < 4.78 is 7.21. The largest absolute Gasteiger partial charge is 0.496 e. The summed E-state index contributed by atoms with van der Waals surface area (Å²) in [6, 6.07) is 18.4. The monoisotopic (exact) mass is 644 g/mol. The number of piperidine rings is 1. The van der Waals surface area contributed by atoms with Gasteiger partial charge in [-0.2, -0.15) is 0 Å². The number of hydrogen-bond acceptors (Lipinski definition) is 6. The molecule has 2 saturated heterocycles. The molecule has 11 heteroatoms. The molecular formula is C34H37ClN6O3S. The molecule has 45 heavy (non-hydrogen) atoms. The van der Waals surface area contributed by atoms with Crippen LogP contribution in [0, 0.1) is 35.8 Å². The normalized spacial score (nSPS) is 21.6. The van der Waals surface area contributed by atoms with E-state index in [2.05, 4.69) is 52.1 Å². The summed E-state index contributed by atoms with van der Waals surface area (Å²) in [6.07, 6.45) is 2.99. The van der Waals surface area contributed by atoms with Gasteiger partial charge in [-0.15, -0.1) is 0 Å². The summed E-state index contributed by atoms with van der Waals surface area (Å²) in [7, 11) is 1.50. The first-order chi connectivity index (χ1) is 21.6. The Morgan fingerprint density at radius 2 is 1.78 bits per heavy atom. The maximum Gasteiger partial charge on any atom is 0.296 e. The van der Waals surface area contributed by atoms with E-state index in [1.165, 1.54) is 19.6 Å². The van der Waals surface area contributed by atoms with E-state index in [9.17, 15) is 10.1 Å². The van der Waals surface area contributed by atoms with Gasteiger partial charge in [0.1, 0.15) is 11.4 Å². The minimum absolute atomic E-state index is 0.0374. The summed E-state index contributed by atoms with van der Waals surface area (Å²) >= 11 is 13.0. The Morgan fingerprint density at radius 1 is 1.04 bits per heavy atom. The SMILES string of the molecule is COc1ccc(-n2c(C)cc([C@H]3[C@@H](c4ccccn4)NC(=S)N3c3ccc(N4C[C@H](C)C[C@H](C)C4)c(Cl)c3)c2C)c([N+](=O)[O-])c1. The zero-order chi connectivity index (χ0) is 32.0. The van der Waals surface area contributed by atoms with Crippen molar-refractivity contribution in [1.82, 2.24) is 14.9 Å². The van der Waals surface area contributed by atoms with E-state index in [1.54, 1.807) is 18.3 Å². The van der Waals surface area contributed by atoms with Crippen molar-refractivity contribution in [2.75, 3.05) is 30.0 Å². The predicted molar refractivity (Wildman–Crippen MR) is 183 cm³/mol. The molecule has 0 saturated carbocycles. The Kier molecular flexibility index (Phi) is 8.45. The van der Waals surface area contributed by atoms with Crippen molar-refractivity contribution >= 4 is 46.0 Å². The van der Waals surface area contributed by atoms with E-state index in [-0.39, 0.29) is 22.7 Å². The van der Waals surface area contributed by atoms with Gasteiger partial charge in [0.05, 0.1) is 46.6 Å². The number of nitro groups is 1. The topological polar surface area (TPSA) is 88.7 Å². The van der Waals surface area contributed by atoms with Crippen LogP contribution in [0.3, 0.4) is 0 Å². The lowest BCUT2D eigenvalue weighted by Gasteiger charge is -2.37. The molecule has 0 aliphatic carbocycles. The third-order valence-electron chi connectivity index (χ3n) is 8.93. The third-order valence-corrected chi connectivity index (χ3v) is 9.54. The van der Waals surface area contributed by atoms with Gasteiger partial charge >= 0.3 is 0 Å². The number of nitrogens with one attached hydrogen (secondary N) is 1. The van der Waals surface area contributed by atoms with Crippen molar-refractivity contribution in [2.45, 2.75) is 46.2 Å². The van der Waals surface area contributed by atoms with Crippen molar-refractivity contribution in [3.8, 4) is 11.4 Å². The molecule has 4 atom stereocenters. The number of nitrogens with zero attached hydrogens (tertiary/aromatic N) is 5. The smallest absolute Gasteiger partial charge is 0.296 e. The molecule has 2 fully saturated rings. The van der Waals surface area contributed by atoms with Crippen LogP contribution in [0.5, 0.6) is 5.75 Å². The number of benzene rings is 2. The quantitative estimate of drug-likeness (QED) is 0.124. The summed E-state index contributed by atoms with van der Waals surface area (Å²) in [6.45, 7) is 10.5. The standard InChI is InChI=1S/C34H37ClN6O3S/c1-20-14-21(2)19-38(18-20)29-11-9-24(16-27(29)35)40-33(32(37-34(40)45)28-8-6-7-13-36-28)26-15-22(3)39(23(26)4)30-12-10-25(44-5)17-31(30)41(42)43/h6-13,15-17,20-21,32-33H,14,18-19H2,1-5H3,(H,37,45)/t20-,21+,32-,33+/m1/s1. The third kappa shape index (κ3) is 5.73. The Labute approximate surface area is 273 Å². The van der Waals surface area contributed by atoms with E-state index in [4.69, 9.17) is 28.6 Å². The highest BCUT2D eigenvalue weighted by atomic mass is 35.5. The molecule has 2 aromatic heterocycles. The molecule has 0 unspecified atom stereocenters. The number of nitro benzene ring substituents is 1. The van der Waals surface area contributed by atoms with Crippen LogP contribution in [-0.4, -0.2) is 39.8 Å². The second-order valence-corrected chi connectivity index (χ2v) is 13.1. The van der Waals surface area contributed by atoms with Gasteiger partial charge in [-0.05, 0) is 98.4 Å². The molecule has 234 valence electrons. The molecule has 4 aromatic rings. The summed E-state index contributed by atoms with van der Waals surface area (Å²) in [5.41, 5.74) is 5.85. The molecule has 2 aliphatic heterocycles. The fraction of sp³-hybridized carbons (Fsp3) is 0.353. The van der Waals surface area contributed by atoms with Crippen LogP contribution in [0.15, 0.2) is 66.9 Å². The van der Waals surface area contributed by atoms with E-state index in [0.717, 1.165) is 47.1 Å². The van der Waals surface area contributed by atoms with Crippen LogP contribution in [0.1, 0.15) is 55.0 Å². The van der Waals surface area contributed by atoms with Gasteiger partial charge in [-0.25, -0.2) is 0 Å². The lowest BCUT2D eigenvalue weighted by Crippen LogP contribution is -2.38. The zero-order valence-corrected chi connectivity index (χ0v) is 27.6. The summed E-state index contributed by atoms with van der Waals surface area (Å²) in [5, 5.41) is 16.9. The lowest BCUT2D eigenvalue weighted by molar-refractivity contribution is -0.384. The minimum Gasteiger partial charge on any atom is -0.496 e. The van der Waals surface area contributed by atoms with Gasteiger partial charge in [0.25, 0.3) is 5.69 Å². The Morgan fingerprint density at radius 3 is 2.42 bits per heavy atom. The second-order valence-electron chi connectivity index (χ2n) is 12.3. The highest BCUT2D eigenvalue weighted by Gasteiger charge is 2.43. The van der Waals surface area contributed by atoms with E-state index < -0.39 is 0 Å². The number of hydrogen-bond donors (Lipinski definition) is 1. The maximum absolute atomic E-state index is 12.2. The van der Waals surface area contributed by atoms with Gasteiger partial charge < -0.3 is 24.4 Å². The van der Waals surface area contributed by atoms with Crippen LogP contribution < -0.4 is 19.9 Å². The van der Waals surface area contributed by atoms with Gasteiger partial charge in [0.2, 0.25) is 0 Å². The first-order valence-corrected chi connectivity index (χ1v) is 15.9. The molecule has 0 amide bonds. The molecule has 0 radical (unpaired) electrons. The summed E-state index contributed by atoms with van der Waals surface area (Å²) in [4.78, 5) is 20.9. The van der Waals surface area contributed by atoms with Crippen LogP contribution in [0.2, 0.25) is 5.02 Å². The first-order valence-electron chi connectivity index (χ1n) is 15.1. The highest BCUT2D eigenvalue weighted by molar-refractivity contribution is 7.80. The van der Waals surface area contributed by atoms with Crippen molar-refractivity contribution in [1.29, 1.82) is 0 Å². The molecule has 9 nitrogen and oxygen atoms in total. The minimum atomic E-state index is -0.376. The number of aromatic nitrogens is 2. The number of thiocarbonyl (C=S) groups is 1. The van der Waals surface area contributed by atoms with Crippen molar-refractivity contribution in [3.63, 3.8) is 0 Å². The number of rotatable bonds is 7. The van der Waals surface area contributed by atoms with Crippen LogP contribution >= 0.6 is 23.8 Å². The number of pyridine rings is 1. The van der Waals surface area contributed by atoms with Crippen LogP contribution in [-0.2, 0) is 0 Å². The van der Waals surface area contributed by atoms with Gasteiger partial charge in [-0.1, -0.05) is 31.5 Å². The number of halogens is 1. The molecule has 2 aliphatic rings. The number of anilines is 2. The fourth-order valence-electron chi connectivity index (χ4n) is 7.13. The highest BCUT2D eigenvalue weighted by Crippen LogP contribution is 2.46. The molecule has 0 bridgehead atoms. The number of methoxy groups -OCH3 is 1. The Bertz CT molecular complexity index is 1750. The predicted octanol–water partition coefficient (Wildman–Crippen LogP) is 7.72. The molecule has 0 spiro atoms. The molecule has 2 aromatic carbocycles. The Hall–Kier alpha value is -4.15. The van der Waals surface area contributed by atoms with E-state index in [0.29, 0.717) is 33.4 Å². The number of ether oxygens (including phenoxy) is 1. The number of aryl methyl sites for hydroxylation is 1. The van der Waals surface area contributed by atoms with E-state index >= 15 is 0 Å². The molecular weight excluding hydrogens is 608 g/mol. The maximum atomic E-state index is 12.2. The van der Waals surface area contributed by atoms with E-state index in [1.807, 2.05) is 42.7 Å². The van der Waals surface area contributed by atoms with Crippen molar-refractivity contribution < 1.29 is 9.66 Å². The molecule has 1 N–H and O–H groups in total. The molecule has 4 heterocycles. The van der Waals surface area contributed by atoms with Crippen LogP contribution in [0.25, 0.3) is 5.69 Å². The lowest BCUT2D eigenvalue weighted by atomic mass is 9.91. The average Bonchev–Trinajstić information content (AvgIpc) is 3.51. The van der Waals surface area contributed by atoms with Crippen LogP contribution in [0.4, 0.5) is 17.1 Å².